The smallest absolute Gasteiger partial charge is 0.311 e. The zero-order valence-corrected chi connectivity index (χ0v) is 11.3. The van der Waals surface area contributed by atoms with Crippen LogP contribution in [-0.4, -0.2) is 40.0 Å². The second-order valence-electron chi connectivity index (χ2n) is 5.16. The number of rotatable bonds is 3. The summed E-state index contributed by atoms with van der Waals surface area (Å²) in [6, 6.07) is 1.12. The van der Waals surface area contributed by atoms with Crippen molar-refractivity contribution >= 4 is 11.9 Å². The summed E-state index contributed by atoms with van der Waals surface area (Å²) in [7, 11) is 0. The van der Waals surface area contributed by atoms with Crippen molar-refractivity contribution in [3.8, 4) is 0 Å². The molecule has 0 aliphatic carbocycles. The van der Waals surface area contributed by atoms with Gasteiger partial charge >= 0.3 is 5.97 Å². The summed E-state index contributed by atoms with van der Waals surface area (Å²) in [5.41, 5.74) is -0.739. The highest BCUT2D eigenvalue weighted by Gasteiger charge is 2.42. The van der Waals surface area contributed by atoms with Gasteiger partial charge in [0.25, 0.3) is 5.91 Å². The lowest BCUT2D eigenvalue weighted by Gasteiger charge is -2.39. The van der Waals surface area contributed by atoms with Crippen LogP contribution in [0.2, 0.25) is 0 Å². The maximum absolute atomic E-state index is 13.1. The standard InChI is InChI=1S/C14H17FN2O3/c1-2-14(13(19)20)4-3-5-17(9-14)12(18)10-6-11(15)8-16-7-10/h6-8H,2-5,9H2,1H3,(H,19,20). The molecule has 0 saturated carbocycles. The number of likely N-dealkylation sites (tertiary alicyclic amines) is 1. The first-order valence-corrected chi connectivity index (χ1v) is 6.62. The van der Waals surface area contributed by atoms with Gasteiger partial charge in [0, 0.05) is 19.3 Å². The van der Waals surface area contributed by atoms with E-state index in [2.05, 4.69) is 4.98 Å². The van der Waals surface area contributed by atoms with E-state index in [-0.39, 0.29) is 18.0 Å². The number of carboxylic acids is 1. The highest BCUT2D eigenvalue weighted by Crippen LogP contribution is 2.34. The summed E-state index contributed by atoms with van der Waals surface area (Å²) in [6.07, 6.45) is 3.99. The molecule has 1 atom stereocenters. The first-order chi connectivity index (χ1) is 9.48. The normalized spacial score (nSPS) is 22.6. The number of aromatic nitrogens is 1. The molecule has 0 spiro atoms. The molecule has 1 amide bonds. The van der Waals surface area contributed by atoms with E-state index < -0.39 is 17.2 Å². The zero-order chi connectivity index (χ0) is 14.8. The van der Waals surface area contributed by atoms with E-state index >= 15 is 0 Å². The van der Waals surface area contributed by atoms with E-state index in [9.17, 15) is 19.1 Å². The number of halogens is 1. The number of hydrogen-bond donors (Lipinski definition) is 1. The van der Waals surface area contributed by atoms with Gasteiger partial charge in [-0.25, -0.2) is 4.39 Å². The molecule has 1 unspecified atom stereocenters. The summed E-state index contributed by atoms with van der Waals surface area (Å²) >= 11 is 0. The van der Waals surface area contributed by atoms with Gasteiger partial charge in [0.15, 0.2) is 0 Å². The molecule has 5 nitrogen and oxygen atoms in total. The summed E-state index contributed by atoms with van der Waals surface area (Å²) in [5.74, 6) is -1.82. The molecular weight excluding hydrogens is 263 g/mol. The van der Waals surface area contributed by atoms with E-state index in [1.807, 2.05) is 6.92 Å². The molecule has 1 fully saturated rings. The van der Waals surface area contributed by atoms with Crippen LogP contribution in [0, 0.1) is 11.2 Å². The minimum Gasteiger partial charge on any atom is -0.481 e. The molecule has 1 aromatic heterocycles. The van der Waals surface area contributed by atoms with Crippen LogP contribution in [0.25, 0.3) is 0 Å². The van der Waals surface area contributed by atoms with E-state index in [0.717, 1.165) is 12.3 Å². The summed E-state index contributed by atoms with van der Waals surface area (Å²) < 4.78 is 13.1. The summed E-state index contributed by atoms with van der Waals surface area (Å²) in [4.78, 5) is 28.9. The van der Waals surface area contributed by atoms with Gasteiger partial charge in [-0.1, -0.05) is 6.92 Å². The topological polar surface area (TPSA) is 70.5 Å². The van der Waals surface area contributed by atoms with Crippen LogP contribution in [0.1, 0.15) is 36.5 Å². The number of carbonyl (C=O) groups is 2. The minimum absolute atomic E-state index is 0.155. The third-order valence-corrected chi connectivity index (χ3v) is 3.95. The zero-order valence-electron chi connectivity index (χ0n) is 11.3. The molecule has 0 radical (unpaired) electrons. The van der Waals surface area contributed by atoms with Crippen molar-refractivity contribution in [2.45, 2.75) is 26.2 Å². The third-order valence-electron chi connectivity index (χ3n) is 3.95. The van der Waals surface area contributed by atoms with Crippen LogP contribution < -0.4 is 0 Å². The van der Waals surface area contributed by atoms with E-state index in [1.54, 1.807) is 0 Å². The fraction of sp³-hybridized carbons (Fsp3) is 0.500. The Morgan fingerprint density at radius 3 is 2.85 bits per heavy atom. The van der Waals surface area contributed by atoms with Crippen LogP contribution in [0.5, 0.6) is 0 Å². The number of aliphatic carboxylic acids is 1. The number of amides is 1. The van der Waals surface area contributed by atoms with Gasteiger partial charge in [0.2, 0.25) is 0 Å². The highest BCUT2D eigenvalue weighted by molar-refractivity contribution is 5.94. The largest absolute Gasteiger partial charge is 0.481 e. The van der Waals surface area contributed by atoms with Gasteiger partial charge < -0.3 is 10.0 Å². The summed E-state index contributed by atoms with van der Waals surface area (Å²) in [5, 5.41) is 9.39. The van der Waals surface area contributed by atoms with Crippen LogP contribution in [0.3, 0.4) is 0 Å². The molecule has 1 saturated heterocycles. The summed E-state index contributed by atoms with van der Waals surface area (Å²) in [6.45, 7) is 2.46. The molecule has 108 valence electrons. The molecular formula is C14H17FN2O3. The molecule has 2 rings (SSSR count). The van der Waals surface area contributed by atoms with Crippen molar-refractivity contribution in [2.24, 2.45) is 5.41 Å². The number of carboxylic acid groups (broad SMARTS) is 1. The van der Waals surface area contributed by atoms with Gasteiger partial charge in [-0.15, -0.1) is 0 Å². The van der Waals surface area contributed by atoms with Crippen molar-refractivity contribution in [1.82, 2.24) is 9.88 Å². The van der Waals surface area contributed by atoms with Gasteiger partial charge in [-0.2, -0.15) is 0 Å². The van der Waals surface area contributed by atoms with Crippen LogP contribution in [0.15, 0.2) is 18.5 Å². The van der Waals surface area contributed by atoms with Gasteiger partial charge in [0.1, 0.15) is 5.82 Å². The van der Waals surface area contributed by atoms with Crippen molar-refractivity contribution < 1.29 is 19.1 Å². The lowest BCUT2D eigenvalue weighted by Crippen LogP contribution is -2.49. The molecule has 1 aromatic rings. The van der Waals surface area contributed by atoms with Crippen molar-refractivity contribution in [1.29, 1.82) is 0 Å². The molecule has 1 N–H and O–H groups in total. The van der Waals surface area contributed by atoms with Crippen LogP contribution in [-0.2, 0) is 4.79 Å². The van der Waals surface area contributed by atoms with Gasteiger partial charge in [-0.3, -0.25) is 14.6 Å². The van der Waals surface area contributed by atoms with Gasteiger partial charge in [0.05, 0.1) is 17.2 Å². The Kier molecular flexibility index (Phi) is 4.01. The Hall–Kier alpha value is -1.98. The Labute approximate surface area is 116 Å². The molecule has 2 heterocycles. The quantitative estimate of drug-likeness (QED) is 0.918. The Morgan fingerprint density at radius 1 is 1.50 bits per heavy atom. The number of pyridine rings is 1. The average molecular weight is 280 g/mol. The number of piperidine rings is 1. The fourth-order valence-electron chi connectivity index (χ4n) is 2.63. The van der Waals surface area contributed by atoms with E-state index in [0.29, 0.717) is 25.8 Å². The second kappa shape index (κ2) is 5.56. The predicted octanol–water partition coefficient (Wildman–Crippen LogP) is 1.94. The number of hydrogen-bond acceptors (Lipinski definition) is 3. The van der Waals surface area contributed by atoms with Crippen LogP contribution >= 0.6 is 0 Å². The van der Waals surface area contributed by atoms with Crippen molar-refractivity contribution in [3.05, 3.63) is 29.8 Å². The van der Waals surface area contributed by atoms with E-state index in [4.69, 9.17) is 0 Å². The first-order valence-electron chi connectivity index (χ1n) is 6.62. The molecule has 20 heavy (non-hydrogen) atoms. The number of carbonyl (C=O) groups excluding carboxylic acids is 1. The fourth-order valence-corrected chi connectivity index (χ4v) is 2.63. The number of nitrogens with zero attached hydrogens (tertiary/aromatic N) is 2. The highest BCUT2D eigenvalue weighted by atomic mass is 19.1. The Balaban J connectivity index is 2.21. The monoisotopic (exact) mass is 280 g/mol. The minimum atomic E-state index is -0.894. The predicted molar refractivity (Wildman–Crippen MR) is 69.7 cm³/mol. The van der Waals surface area contributed by atoms with Crippen LogP contribution in [0.4, 0.5) is 4.39 Å². The Bertz CT molecular complexity index is 535. The van der Waals surface area contributed by atoms with Crippen molar-refractivity contribution in [2.75, 3.05) is 13.1 Å². The molecule has 6 heteroatoms. The maximum atomic E-state index is 13.1. The lowest BCUT2D eigenvalue weighted by atomic mass is 9.77. The van der Waals surface area contributed by atoms with E-state index in [1.165, 1.54) is 11.1 Å². The lowest BCUT2D eigenvalue weighted by molar-refractivity contribution is -0.152. The molecule has 0 aromatic carbocycles. The van der Waals surface area contributed by atoms with Crippen molar-refractivity contribution in [3.63, 3.8) is 0 Å². The van der Waals surface area contributed by atoms with Gasteiger partial charge in [-0.05, 0) is 25.3 Å². The Morgan fingerprint density at radius 2 is 2.25 bits per heavy atom. The average Bonchev–Trinajstić information content (AvgIpc) is 2.46. The first kappa shape index (κ1) is 14.4. The molecule has 1 aliphatic heterocycles. The molecule has 0 bridgehead atoms. The second-order valence-corrected chi connectivity index (χ2v) is 5.16. The maximum Gasteiger partial charge on any atom is 0.311 e. The SMILES string of the molecule is CCC1(C(=O)O)CCCN(C(=O)c2cncc(F)c2)C1. The molecule has 1 aliphatic rings. The third kappa shape index (κ3) is 2.64.